The summed E-state index contributed by atoms with van der Waals surface area (Å²) in [5.41, 5.74) is 2.26. The van der Waals surface area contributed by atoms with Gasteiger partial charge >= 0.3 is 0 Å². The zero-order valence-electron chi connectivity index (χ0n) is 15.2. The molecule has 8 heteroatoms. The average Bonchev–Trinajstić information content (AvgIpc) is 3.09. The number of thiophene rings is 1. The Morgan fingerprint density at radius 3 is 2.44 bits per heavy atom. The van der Waals surface area contributed by atoms with E-state index in [1.165, 1.54) is 9.87 Å². The first kappa shape index (κ1) is 20.3. The smallest absolute Gasteiger partial charge is 0.252 e. The van der Waals surface area contributed by atoms with Crippen LogP contribution in [0.15, 0.2) is 40.6 Å². The average molecular weight is 427 g/mol. The van der Waals surface area contributed by atoms with Crippen molar-refractivity contribution in [1.82, 2.24) is 9.62 Å². The first-order valence-corrected chi connectivity index (χ1v) is 11.6. The Morgan fingerprint density at radius 1 is 1.19 bits per heavy atom. The molecule has 1 fully saturated rings. The predicted octanol–water partition coefficient (Wildman–Crippen LogP) is 3.82. The normalized spacial score (nSPS) is 16.4. The number of benzene rings is 1. The largest absolute Gasteiger partial charge is 0.352 e. The third kappa shape index (κ3) is 5.31. The number of hydrogen-bond donors (Lipinski definition) is 1. The predicted molar refractivity (Wildman–Crippen MR) is 108 cm³/mol. The van der Waals surface area contributed by atoms with E-state index in [2.05, 4.69) is 5.32 Å². The van der Waals surface area contributed by atoms with E-state index >= 15 is 0 Å². The number of carbonyl (C=O) groups is 1. The highest BCUT2D eigenvalue weighted by molar-refractivity contribution is 7.91. The van der Waals surface area contributed by atoms with Crippen LogP contribution >= 0.6 is 22.9 Å². The Labute approximate surface area is 169 Å². The topological polar surface area (TPSA) is 66.5 Å². The van der Waals surface area contributed by atoms with E-state index in [9.17, 15) is 13.2 Å². The molecule has 1 aromatic heterocycles. The number of halogens is 1. The third-order valence-electron chi connectivity index (χ3n) is 4.80. The van der Waals surface area contributed by atoms with Gasteiger partial charge in [-0.3, -0.25) is 4.79 Å². The maximum absolute atomic E-state index is 12.6. The van der Waals surface area contributed by atoms with Crippen LogP contribution in [0.5, 0.6) is 0 Å². The number of sulfonamides is 1. The van der Waals surface area contributed by atoms with Crippen molar-refractivity contribution in [2.45, 2.75) is 36.9 Å². The molecule has 0 atom stereocenters. The first-order valence-electron chi connectivity index (χ1n) is 8.92. The summed E-state index contributed by atoms with van der Waals surface area (Å²) in [6.45, 7) is 3.43. The van der Waals surface area contributed by atoms with Gasteiger partial charge in [0, 0.05) is 26.1 Å². The van der Waals surface area contributed by atoms with Gasteiger partial charge in [-0.15, -0.1) is 11.3 Å². The number of aryl methyl sites for hydroxylation is 1. The van der Waals surface area contributed by atoms with Gasteiger partial charge in [-0.25, -0.2) is 8.42 Å². The lowest BCUT2D eigenvalue weighted by molar-refractivity contribution is -0.122. The molecule has 1 amide bonds. The fourth-order valence-corrected chi connectivity index (χ4v) is 6.27. The van der Waals surface area contributed by atoms with Crippen LogP contribution in [0, 0.1) is 12.8 Å². The molecule has 1 saturated heterocycles. The molecule has 0 aliphatic carbocycles. The van der Waals surface area contributed by atoms with Gasteiger partial charge < -0.3 is 5.32 Å². The van der Waals surface area contributed by atoms with Crippen LogP contribution in [0.1, 0.15) is 30.4 Å². The molecule has 1 N–H and O–H groups in total. The number of hydrogen-bond acceptors (Lipinski definition) is 4. The van der Waals surface area contributed by atoms with Crippen LogP contribution in [0.4, 0.5) is 0 Å². The Morgan fingerprint density at radius 2 is 1.85 bits per heavy atom. The van der Waals surface area contributed by atoms with Crippen molar-refractivity contribution in [2.75, 3.05) is 13.1 Å². The van der Waals surface area contributed by atoms with Gasteiger partial charge in [-0.05, 0) is 43.4 Å². The summed E-state index contributed by atoms with van der Waals surface area (Å²) in [6, 6.07) is 11.2. The summed E-state index contributed by atoms with van der Waals surface area (Å²) in [4.78, 5) is 12.2. The third-order valence-corrected chi connectivity index (χ3v) is 8.40. The van der Waals surface area contributed by atoms with Gasteiger partial charge in [0.05, 0.1) is 4.34 Å². The Bertz CT molecular complexity index is 886. The highest BCUT2D eigenvalue weighted by atomic mass is 35.5. The monoisotopic (exact) mass is 426 g/mol. The molecule has 2 heterocycles. The second-order valence-electron chi connectivity index (χ2n) is 6.87. The standard InChI is InChI=1S/C19H23ClN2O3S2/c1-14-2-4-16(5-3-14)13-21-18(23)12-15-8-10-22(11-9-15)27(24,25)19-7-6-17(20)26-19/h2-7,15H,8-13H2,1H3,(H,21,23). The molecule has 0 unspecified atom stereocenters. The van der Waals surface area contributed by atoms with Gasteiger partial charge in [0.1, 0.15) is 4.21 Å². The summed E-state index contributed by atoms with van der Waals surface area (Å²) in [7, 11) is -3.48. The highest BCUT2D eigenvalue weighted by Crippen LogP contribution is 2.31. The molecular formula is C19H23ClN2O3S2. The van der Waals surface area contributed by atoms with Crippen molar-refractivity contribution >= 4 is 38.9 Å². The van der Waals surface area contributed by atoms with Crippen LogP contribution in [-0.4, -0.2) is 31.7 Å². The molecule has 3 rings (SSSR count). The Kier molecular flexibility index (Phi) is 6.57. The SMILES string of the molecule is Cc1ccc(CNC(=O)CC2CCN(S(=O)(=O)c3ccc(Cl)s3)CC2)cc1. The van der Waals surface area contributed by atoms with E-state index in [-0.39, 0.29) is 16.0 Å². The van der Waals surface area contributed by atoms with Gasteiger partial charge in [0.25, 0.3) is 10.0 Å². The summed E-state index contributed by atoms with van der Waals surface area (Å²) in [5, 5.41) is 2.95. The molecule has 1 aliphatic heterocycles. The van der Waals surface area contributed by atoms with Crippen LogP contribution < -0.4 is 5.32 Å². The minimum Gasteiger partial charge on any atom is -0.352 e. The van der Waals surface area contributed by atoms with Crippen LogP contribution in [0.25, 0.3) is 0 Å². The molecule has 1 aromatic carbocycles. The molecular weight excluding hydrogens is 404 g/mol. The molecule has 5 nitrogen and oxygen atoms in total. The van der Waals surface area contributed by atoms with Crippen LogP contribution in [0.3, 0.4) is 0 Å². The number of amides is 1. The minimum atomic E-state index is -3.48. The lowest BCUT2D eigenvalue weighted by atomic mass is 9.94. The zero-order chi connectivity index (χ0) is 19.4. The van der Waals surface area contributed by atoms with Crippen molar-refractivity contribution in [3.63, 3.8) is 0 Å². The lowest BCUT2D eigenvalue weighted by Crippen LogP contribution is -2.39. The van der Waals surface area contributed by atoms with Gasteiger partial charge in [-0.2, -0.15) is 4.31 Å². The number of piperidine rings is 1. The van der Waals surface area contributed by atoms with Crippen LogP contribution in [-0.2, 0) is 21.4 Å². The summed E-state index contributed by atoms with van der Waals surface area (Å²) < 4.78 is 27.5. The molecule has 27 heavy (non-hydrogen) atoms. The highest BCUT2D eigenvalue weighted by Gasteiger charge is 2.31. The molecule has 0 spiro atoms. The van der Waals surface area contributed by atoms with E-state index in [0.29, 0.717) is 43.2 Å². The second kappa shape index (κ2) is 8.73. The van der Waals surface area contributed by atoms with Crippen molar-refractivity contribution < 1.29 is 13.2 Å². The van der Waals surface area contributed by atoms with E-state index in [1.807, 2.05) is 31.2 Å². The molecule has 2 aromatic rings. The van der Waals surface area contributed by atoms with Gasteiger partial charge in [0.15, 0.2) is 0 Å². The summed E-state index contributed by atoms with van der Waals surface area (Å²) >= 11 is 6.94. The second-order valence-corrected chi connectivity index (χ2v) is 10.8. The van der Waals surface area contributed by atoms with Gasteiger partial charge in [0.2, 0.25) is 5.91 Å². The lowest BCUT2D eigenvalue weighted by Gasteiger charge is -2.30. The van der Waals surface area contributed by atoms with Crippen molar-refractivity contribution in [1.29, 1.82) is 0 Å². The fraction of sp³-hybridized carbons (Fsp3) is 0.421. The summed E-state index contributed by atoms with van der Waals surface area (Å²) in [5.74, 6) is 0.225. The maximum atomic E-state index is 12.6. The molecule has 0 radical (unpaired) electrons. The maximum Gasteiger partial charge on any atom is 0.252 e. The number of nitrogens with zero attached hydrogens (tertiary/aromatic N) is 1. The van der Waals surface area contributed by atoms with E-state index in [1.54, 1.807) is 12.1 Å². The number of nitrogens with one attached hydrogen (secondary N) is 1. The number of carbonyl (C=O) groups excluding carboxylic acids is 1. The quantitative estimate of drug-likeness (QED) is 0.763. The van der Waals surface area contributed by atoms with E-state index in [4.69, 9.17) is 11.6 Å². The Hall–Kier alpha value is -1.41. The van der Waals surface area contributed by atoms with E-state index in [0.717, 1.165) is 16.9 Å². The molecule has 146 valence electrons. The molecule has 0 saturated carbocycles. The van der Waals surface area contributed by atoms with Gasteiger partial charge in [-0.1, -0.05) is 41.4 Å². The van der Waals surface area contributed by atoms with E-state index < -0.39 is 10.0 Å². The molecule has 0 bridgehead atoms. The number of rotatable bonds is 6. The Balaban J connectivity index is 1.46. The molecule has 1 aliphatic rings. The zero-order valence-corrected chi connectivity index (χ0v) is 17.5. The van der Waals surface area contributed by atoms with Crippen LogP contribution in [0.2, 0.25) is 4.34 Å². The first-order chi connectivity index (χ1) is 12.8. The van der Waals surface area contributed by atoms with Crippen molar-refractivity contribution in [2.24, 2.45) is 5.92 Å². The van der Waals surface area contributed by atoms with Crippen molar-refractivity contribution in [3.8, 4) is 0 Å². The van der Waals surface area contributed by atoms with Crippen molar-refractivity contribution in [3.05, 3.63) is 51.9 Å². The minimum absolute atomic E-state index is 0.0157. The summed E-state index contributed by atoms with van der Waals surface area (Å²) in [6.07, 6.45) is 1.82. The fourth-order valence-electron chi connectivity index (χ4n) is 3.16.